The van der Waals surface area contributed by atoms with Crippen LogP contribution in [0.25, 0.3) is 0 Å². The van der Waals surface area contributed by atoms with Crippen LogP contribution in [0.3, 0.4) is 0 Å². The lowest BCUT2D eigenvalue weighted by Gasteiger charge is -2.20. The summed E-state index contributed by atoms with van der Waals surface area (Å²) >= 11 is 11.9. The van der Waals surface area contributed by atoms with Gasteiger partial charge >= 0.3 is 0 Å². The Kier molecular flexibility index (Phi) is 6.85. The van der Waals surface area contributed by atoms with E-state index >= 15 is 0 Å². The number of hydrogen-bond donors (Lipinski definition) is 2. The summed E-state index contributed by atoms with van der Waals surface area (Å²) in [5.74, 6) is -0.443. The van der Waals surface area contributed by atoms with Gasteiger partial charge in [-0.05, 0) is 42.7 Å². The van der Waals surface area contributed by atoms with Crippen molar-refractivity contribution in [2.75, 3.05) is 5.32 Å². The normalized spacial score (nSPS) is 11.9. The van der Waals surface area contributed by atoms with E-state index in [0.717, 1.165) is 0 Å². The Morgan fingerprint density at radius 1 is 1.04 bits per heavy atom. The SMILES string of the molecule is CC(C)CC(NC(=O)c1ccc(Cl)cc1Cl)C(=O)Nc1ccccc1. The molecule has 0 fully saturated rings. The Labute approximate surface area is 157 Å². The Balaban J connectivity index is 2.13. The van der Waals surface area contributed by atoms with Gasteiger partial charge in [0, 0.05) is 10.7 Å². The maximum atomic E-state index is 12.6. The molecule has 132 valence electrons. The summed E-state index contributed by atoms with van der Waals surface area (Å²) in [5.41, 5.74) is 0.965. The summed E-state index contributed by atoms with van der Waals surface area (Å²) in [4.78, 5) is 25.1. The number of nitrogens with one attached hydrogen (secondary N) is 2. The first kappa shape index (κ1) is 19.3. The van der Waals surface area contributed by atoms with E-state index in [1.165, 1.54) is 6.07 Å². The first-order valence-electron chi connectivity index (χ1n) is 7.98. The number of rotatable bonds is 6. The van der Waals surface area contributed by atoms with E-state index in [2.05, 4.69) is 10.6 Å². The molecule has 0 aliphatic carbocycles. The van der Waals surface area contributed by atoms with Crippen molar-refractivity contribution in [3.8, 4) is 0 Å². The highest BCUT2D eigenvalue weighted by Gasteiger charge is 2.23. The van der Waals surface area contributed by atoms with Crippen LogP contribution in [0.15, 0.2) is 48.5 Å². The molecule has 0 spiro atoms. The van der Waals surface area contributed by atoms with E-state index < -0.39 is 11.9 Å². The molecule has 0 saturated heterocycles. The number of para-hydroxylation sites is 1. The Morgan fingerprint density at radius 3 is 2.32 bits per heavy atom. The third-order valence-electron chi connectivity index (χ3n) is 3.55. The van der Waals surface area contributed by atoms with Gasteiger partial charge in [0.15, 0.2) is 0 Å². The molecule has 2 rings (SSSR count). The van der Waals surface area contributed by atoms with Gasteiger partial charge in [0.2, 0.25) is 5.91 Å². The number of carbonyl (C=O) groups is 2. The van der Waals surface area contributed by atoms with Crippen LogP contribution in [-0.2, 0) is 4.79 Å². The number of anilines is 1. The summed E-state index contributed by atoms with van der Waals surface area (Å²) in [5, 5.41) is 6.28. The van der Waals surface area contributed by atoms with Crippen LogP contribution in [0.1, 0.15) is 30.6 Å². The van der Waals surface area contributed by atoms with Crippen LogP contribution < -0.4 is 10.6 Å². The molecule has 2 aromatic carbocycles. The van der Waals surface area contributed by atoms with Crippen LogP contribution >= 0.6 is 23.2 Å². The van der Waals surface area contributed by atoms with Gasteiger partial charge in [0.05, 0.1) is 10.6 Å². The van der Waals surface area contributed by atoms with Gasteiger partial charge in [-0.15, -0.1) is 0 Å². The highest BCUT2D eigenvalue weighted by atomic mass is 35.5. The minimum atomic E-state index is -0.667. The molecule has 0 aliphatic rings. The van der Waals surface area contributed by atoms with E-state index in [9.17, 15) is 9.59 Å². The second-order valence-corrected chi connectivity index (χ2v) is 6.98. The van der Waals surface area contributed by atoms with Gasteiger partial charge in [0.1, 0.15) is 6.04 Å². The quantitative estimate of drug-likeness (QED) is 0.759. The number of hydrogen-bond acceptors (Lipinski definition) is 2. The maximum absolute atomic E-state index is 12.6. The predicted molar refractivity (Wildman–Crippen MR) is 102 cm³/mol. The van der Waals surface area contributed by atoms with Crippen molar-refractivity contribution in [1.29, 1.82) is 0 Å². The molecule has 1 unspecified atom stereocenters. The van der Waals surface area contributed by atoms with E-state index in [1.54, 1.807) is 24.3 Å². The minimum absolute atomic E-state index is 0.229. The molecule has 0 radical (unpaired) electrons. The maximum Gasteiger partial charge on any atom is 0.253 e. The van der Waals surface area contributed by atoms with Crippen LogP contribution in [0.5, 0.6) is 0 Å². The molecule has 0 heterocycles. The van der Waals surface area contributed by atoms with E-state index in [-0.39, 0.29) is 22.4 Å². The van der Waals surface area contributed by atoms with Gasteiger partial charge in [-0.3, -0.25) is 9.59 Å². The van der Waals surface area contributed by atoms with Gasteiger partial charge in [0.25, 0.3) is 5.91 Å². The fourth-order valence-electron chi connectivity index (χ4n) is 2.36. The topological polar surface area (TPSA) is 58.2 Å². The molecule has 6 heteroatoms. The molecular formula is C19H20Cl2N2O2. The second-order valence-electron chi connectivity index (χ2n) is 6.14. The first-order valence-corrected chi connectivity index (χ1v) is 8.74. The highest BCUT2D eigenvalue weighted by Crippen LogP contribution is 2.21. The molecule has 0 aliphatic heterocycles. The third-order valence-corrected chi connectivity index (χ3v) is 4.09. The van der Waals surface area contributed by atoms with Crippen molar-refractivity contribution in [2.24, 2.45) is 5.92 Å². The standard InChI is InChI=1S/C19H20Cl2N2O2/c1-12(2)10-17(19(25)22-14-6-4-3-5-7-14)23-18(24)15-9-8-13(20)11-16(15)21/h3-9,11-12,17H,10H2,1-2H3,(H,22,25)(H,23,24). The highest BCUT2D eigenvalue weighted by molar-refractivity contribution is 6.36. The third kappa shape index (κ3) is 5.76. The van der Waals surface area contributed by atoms with E-state index in [1.807, 2.05) is 32.0 Å². The Hall–Kier alpha value is -2.04. The van der Waals surface area contributed by atoms with Gasteiger partial charge in [-0.25, -0.2) is 0 Å². The molecule has 4 nitrogen and oxygen atoms in total. The largest absolute Gasteiger partial charge is 0.340 e. The van der Waals surface area contributed by atoms with Gasteiger partial charge in [-0.1, -0.05) is 55.2 Å². The Morgan fingerprint density at radius 2 is 1.72 bits per heavy atom. The molecule has 0 saturated carbocycles. The predicted octanol–water partition coefficient (Wildman–Crippen LogP) is 4.78. The fraction of sp³-hybridized carbons (Fsp3) is 0.263. The van der Waals surface area contributed by atoms with Crippen LogP contribution in [0, 0.1) is 5.92 Å². The number of halogens is 2. The Bertz CT molecular complexity index is 748. The van der Waals surface area contributed by atoms with Crippen molar-refractivity contribution in [2.45, 2.75) is 26.3 Å². The first-order chi connectivity index (χ1) is 11.9. The number of carbonyl (C=O) groups excluding carboxylic acids is 2. The van der Waals surface area contributed by atoms with Gasteiger partial charge < -0.3 is 10.6 Å². The van der Waals surface area contributed by atoms with E-state index in [4.69, 9.17) is 23.2 Å². The zero-order chi connectivity index (χ0) is 18.4. The van der Waals surface area contributed by atoms with Crippen molar-refractivity contribution in [3.05, 3.63) is 64.1 Å². The number of amides is 2. The molecule has 1 atom stereocenters. The molecule has 25 heavy (non-hydrogen) atoms. The molecule has 2 amide bonds. The monoisotopic (exact) mass is 378 g/mol. The molecular weight excluding hydrogens is 359 g/mol. The average Bonchev–Trinajstić information content (AvgIpc) is 2.54. The van der Waals surface area contributed by atoms with E-state index in [0.29, 0.717) is 17.1 Å². The summed E-state index contributed by atoms with van der Waals surface area (Å²) in [6, 6.07) is 13.1. The van der Waals surface area contributed by atoms with Crippen LogP contribution in [0.4, 0.5) is 5.69 Å². The molecule has 2 aromatic rings. The fourth-order valence-corrected chi connectivity index (χ4v) is 2.86. The summed E-state index contributed by atoms with van der Waals surface area (Å²) < 4.78 is 0. The summed E-state index contributed by atoms with van der Waals surface area (Å²) in [6.07, 6.45) is 0.510. The smallest absolute Gasteiger partial charge is 0.253 e. The lowest BCUT2D eigenvalue weighted by atomic mass is 10.0. The zero-order valence-electron chi connectivity index (χ0n) is 14.1. The summed E-state index contributed by atoms with van der Waals surface area (Å²) in [7, 11) is 0. The van der Waals surface area contributed by atoms with Crippen molar-refractivity contribution in [3.63, 3.8) is 0 Å². The molecule has 0 bridgehead atoms. The van der Waals surface area contributed by atoms with Crippen LogP contribution in [-0.4, -0.2) is 17.9 Å². The average molecular weight is 379 g/mol. The molecule has 0 aromatic heterocycles. The zero-order valence-corrected chi connectivity index (χ0v) is 15.6. The lowest BCUT2D eigenvalue weighted by Crippen LogP contribution is -2.44. The molecule has 2 N–H and O–H groups in total. The summed E-state index contributed by atoms with van der Waals surface area (Å²) in [6.45, 7) is 3.98. The van der Waals surface area contributed by atoms with Crippen molar-refractivity contribution < 1.29 is 9.59 Å². The lowest BCUT2D eigenvalue weighted by molar-refractivity contribution is -0.118. The minimum Gasteiger partial charge on any atom is -0.340 e. The van der Waals surface area contributed by atoms with Crippen molar-refractivity contribution in [1.82, 2.24) is 5.32 Å². The second kappa shape index (κ2) is 8.88. The van der Waals surface area contributed by atoms with Crippen molar-refractivity contribution >= 4 is 40.7 Å². The van der Waals surface area contributed by atoms with Gasteiger partial charge in [-0.2, -0.15) is 0 Å². The van der Waals surface area contributed by atoms with Crippen LogP contribution in [0.2, 0.25) is 10.0 Å². The number of benzene rings is 2.